The summed E-state index contributed by atoms with van der Waals surface area (Å²) in [5.74, 6) is -0.540. The van der Waals surface area contributed by atoms with Gasteiger partial charge >= 0.3 is 0 Å². The highest BCUT2D eigenvalue weighted by molar-refractivity contribution is 5.59. The van der Waals surface area contributed by atoms with Crippen molar-refractivity contribution in [2.24, 2.45) is 17.1 Å². The lowest BCUT2D eigenvalue weighted by atomic mass is 9.58. The lowest BCUT2D eigenvalue weighted by molar-refractivity contribution is 0.328. The van der Waals surface area contributed by atoms with Crippen molar-refractivity contribution in [1.82, 2.24) is 5.32 Å². The molecule has 0 amide bonds. The number of benzene rings is 1. The molecule has 2 aliphatic rings. The summed E-state index contributed by atoms with van der Waals surface area (Å²) in [6.45, 7) is 1.26. The molecule has 23 heavy (non-hydrogen) atoms. The van der Waals surface area contributed by atoms with Crippen LogP contribution in [0.1, 0.15) is 11.5 Å². The molecular formula is C18H15N5. The highest BCUT2D eigenvalue weighted by atomic mass is 14.9. The number of nitrogens with two attached hydrogens (primary N) is 1. The van der Waals surface area contributed by atoms with Gasteiger partial charge in [-0.25, -0.2) is 0 Å². The molecule has 5 heteroatoms. The Morgan fingerprint density at radius 1 is 1.13 bits per heavy atom. The fraction of sp³-hybridized carbons (Fsp3) is 0.278. The molecule has 1 aromatic rings. The van der Waals surface area contributed by atoms with Gasteiger partial charge in [-0.05, 0) is 11.1 Å². The van der Waals surface area contributed by atoms with E-state index in [0.717, 1.165) is 11.1 Å². The standard InChI is InChI=1S/C18H15N5/c19-8-14-13-6-7-23-9-15(13)16(12-4-2-1-3-5-12)18(10-20,11-21)17(14)22/h1-6,15-16,23H,7,9,22H2/t15-,16+/m0/s1. The molecule has 0 spiro atoms. The third-order valence-corrected chi connectivity index (χ3v) is 4.70. The summed E-state index contributed by atoms with van der Waals surface area (Å²) in [7, 11) is 0. The first-order valence-corrected chi connectivity index (χ1v) is 7.38. The van der Waals surface area contributed by atoms with Crippen LogP contribution in [0.4, 0.5) is 0 Å². The monoisotopic (exact) mass is 301 g/mol. The smallest absolute Gasteiger partial charge is 0.191 e. The summed E-state index contributed by atoms with van der Waals surface area (Å²) in [4.78, 5) is 0. The maximum Gasteiger partial charge on any atom is 0.191 e. The Morgan fingerprint density at radius 3 is 2.43 bits per heavy atom. The Labute approximate surface area is 134 Å². The molecule has 1 aliphatic carbocycles. The third kappa shape index (κ3) is 2.01. The van der Waals surface area contributed by atoms with Crippen molar-refractivity contribution < 1.29 is 0 Å². The molecule has 1 heterocycles. The van der Waals surface area contributed by atoms with Crippen molar-refractivity contribution in [2.45, 2.75) is 5.92 Å². The van der Waals surface area contributed by atoms with E-state index >= 15 is 0 Å². The minimum Gasteiger partial charge on any atom is -0.399 e. The number of nitriles is 3. The van der Waals surface area contributed by atoms with Crippen LogP contribution in [-0.2, 0) is 0 Å². The molecule has 0 aromatic heterocycles. The van der Waals surface area contributed by atoms with E-state index in [9.17, 15) is 15.8 Å². The van der Waals surface area contributed by atoms with E-state index in [-0.39, 0.29) is 17.2 Å². The first-order valence-electron chi connectivity index (χ1n) is 7.38. The van der Waals surface area contributed by atoms with Crippen LogP contribution in [-0.4, -0.2) is 13.1 Å². The molecule has 2 atom stereocenters. The Morgan fingerprint density at radius 2 is 1.83 bits per heavy atom. The van der Waals surface area contributed by atoms with Crippen LogP contribution < -0.4 is 11.1 Å². The summed E-state index contributed by atoms with van der Waals surface area (Å²) in [5.41, 5.74) is 6.73. The van der Waals surface area contributed by atoms with Crippen LogP contribution in [0.15, 0.2) is 53.3 Å². The van der Waals surface area contributed by atoms with Gasteiger partial charge in [-0.3, -0.25) is 0 Å². The SMILES string of the molecule is N#CC1=C(N)C(C#N)(C#N)[C@H](c2ccccc2)[C@H]2CNCC=C12. The van der Waals surface area contributed by atoms with E-state index in [1.165, 1.54) is 0 Å². The third-order valence-electron chi connectivity index (χ3n) is 4.70. The van der Waals surface area contributed by atoms with Gasteiger partial charge in [0.2, 0.25) is 0 Å². The van der Waals surface area contributed by atoms with E-state index in [4.69, 9.17) is 5.73 Å². The number of nitrogens with zero attached hydrogens (tertiary/aromatic N) is 3. The molecule has 5 nitrogen and oxygen atoms in total. The summed E-state index contributed by atoms with van der Waals surface area (Å²) in [5, 5.41) is 32.4. The number of allylic oxidation sites excluding steroid dienone is 2. The van der Waals surface area contributed by atoms with Crippen LogP contribution in [0.5, 0.6) is 0 Å². The number of hydrogen-bond acceptors (Lipinski definition) is 5. The summed E-state index contributed by atoms with van der Waals surface area (Å²) >= 11 is 0. The Bertz CT molecular complexity index is 800. The van der Waals surface area contributed by atoms with Crippen LogP contribution in [0, 0.1) is 45.3 Å². The van der Waals surface area contributed by atoms with Gasteiger partial charge in [0.05, 0.1) is 23.4 Å². The second-order valence-corrected chi connectivity index (χ2v) is 5.74. The molecule has 3 N–H and O–H groups in total. The van der Waals surface area contributed by atoms with Gasteiger partial charge in [0.25, 0.3) is 0 Å². The average Bonchev–Trinajstić information content (AvgIpc) is 2.61. The van der Waals surface area contributed by atoms with Crippen molar-refractivity contribution in [3.8, 4) is 18.2 Å². The van der Waals surface area contributed by atoms with Gasteiger partial charge in [0, 0.05) is 24.9 Å². The van der Waals surface area contributed by atoms with E-state index in [2.05, 4.69) is 23.5 Å². The number of fused-ring (bicyclic) bond motifs is 1. The zero-order valence-corrected chi connectivity index (χ0v) is 12.5. The minimum absolute atomic E-state index is 0.0725. The summed E-state index contributed by atoms with van der Waals surface area (Å²) < 4.78 is 0. The molecular weight excluding hydrogens is 286 g/mol. The minimum atomic E-state index is -1.53. The van der Waals surface area contributed by atoms with E-state index in [1.54, 1.807) is 0 Å². The average molecular weight is 301 g/mol. The topological polar surface area (TPSA) is 109 Å². The molecule has 0 bridgehead atoms. The molecule has 1 aliphatic heterocycles. The van der Waals surface area contributed by atoms with E-state index < -0.39 is 11.3 Å². The van der Waals surface area contributed by atoms with Gasteiger partial charge < -0.3 is 11.1 Å². The second kappa shape index (κ2) is 5.61. The predicted octanol–water partition coefficient (Wildman–Crippen LogP) is 1.70. The van der Waals surface area contributed by atoms with Gasteiger partial charge in [0.15, 0.2) is 5.41 Å². The van der Waals surface area contributed by atoms with Crippen LogP contribution in [0.25, 0.3) is 0 Å². The van der Waals surface area contributed by atoms with Crippen molar-refractivity contribution in [3.63, 3.8) is 0 Å². The van der Waals surface area contributed by atoms with Gasteiger partial charge in [-0.1, -0.05) is 36.4 Å². The van der Waals surface area contributed by atoms with E-state index in [0.29, 0.717) is 13.1 Å². The maximum atomic E-state index is 9.81. The summed E-state index contributed by atoms with van der Waals surface area (Å²) in [6.07, 6.45) is 1.94. The highest BCUT2D eigenvalue weighted by Gasteiger charge is 2.53. The van der Waals surface area contributed by atoms with Gasteiger partial charge in [-0.2, -0.15) is 15.8 Å². The normalized spacial score (nSPS) is 25.3. The molecule has 0 saturated carbocycles. The quantitative estimate of drug-likeness (QED) is 0.820. The molecule has 0 unspecified atom stereocenters. The fourth-order valence-corrected chi connectivity index (χ4v) is 3.64. The summed E-state index contributed by atoms with van der Waals surface area (Å²) in [6, 6.07) is 15.8. The molecule has 3 rings (SSSR count). The number of rotatable bonds is 1. The van der Waals surface area contributed by atoms with E-state index in [1.807, 2.05) is 36.4 Å². The van der Waals surface area contributed by atoms with Crippen molar-refractivity contribution >= 4 is 0 Å². The lowest BCUT2D eigenvalue weighted by Gasteiger charge is -2.43. The molecule has 1 aromatic carbocycles. The zero-order chi connectivity index (χ0) is 16.4. The molecule has 0 fully saturated rings. The Hall–Kier alpha value is -3.07. The molecule has 112 valence electrons. The van der Waals surface area contributed by atoms with Crippen LogP contribution in [0.3, 0.4) is 0 Å². The molecule has 0 radical (unpaired) electrons. The zero-order valence-electron chi connectivity index (χ0n) is 12.5. The van der Waals surface area contributed by atoms with Crippen molar-refractivity contribution in [3.05, 3.63) is 58.8 Å². The maximum absolute atomic E-state index is 9.81. The van der Waals surface area contributed by atoms with Gasteiger partial charge in [0.1, 0.15) is 6.07 Å². The Kier molecular flexibility index (Phi) is 3.62. The number of hydrogen-bond donors (Lipinski definition) is 2. The van der Waals surface area contributed by atoms with Crippen molar-refractivity contribution in [2.75, 3.05) is 13.1 Å². The second-order valence-electron chi connectivity index (χ2n) is 5.74. The largest absolute Gasteiger partial charge is 0.399 e. The van der Waals surface area contributed by atoms with Crippen LogP contribution >= 0.6 is 0 Å². The van der Waals surface area contributed by atoms with Crippen LogP contribution in [0.2, 0.25) is 0 Å². The van der Waals surface area contributed by atoms with Gasteiger partial charge in [-0.15, -0.1) is 0 Å². The highest BCUT2D eigenvalue weighted by Crippen LogP contribution is 2.53. The Balaban J connectivity index is 2.33. The molecule has 0 saturated heterocycles. The first-order chi connectivity index (χ1) is 11.2. The lowest BCUT2D eigenvalue weighted by Crippen LogP contribution is -2.46. The fourth-order valence-electron chi connectivity index (χ4n) is 3.64. The first kappa shape index (κ1) is 14.9. The number of nitrogens with one attached hydrogen (secondary N) is 1. The van der Waals surface area contributed by atoms with Crippen molar-refractivity contribution in [1.29, 1.82) is 15.8 Å². The predicted molar refractivity (Wildman–Crippen MR) is 84.1 cm³/mol.